The molecular weight excluding hydrogens is 476 g/mol. The van der Waals surface area contributed by atoms with Gasteiger partial charge in [0.1, 0.15) is 11.6 Å². The Balaban J connectivity index is -0.000000218. The van der Waals surface area contributed by atoms with Gasteiger partial charge in [-0.2, -0.15) is 0 Å². The maximum Gasteiger partial charge on any atom is 0.185 e. The second-order valence-corrected chi connectivity index (χ2v) is 9.38. The first kappa shape index (κ1) is 40.9. The molecule has 0 radical (unpaired) electrons. The molecule has 0 amide bonds. The quantitative estimate of drug-likeness (QED) is 0.128. The van der Waals surface area contributed by atoms with Crippen LogP contribution in [-0.2, 0) is 14.4 Å². The van der Waals surface area contributed by atoms with Gasteiger partial charge in [0.05, 0.1) is 25.7 Å². The van der Waals surface area contributed by atoms with E-state index in [-0.39, 0.29) is 78.8 Å². The van der Waals surface area contributed by atoms with Crippen LogP contribution in [0.2, 0.25) is 0 Å². The van der Waals surface area contributed by atoms with Crippen molar-refractivity contribution < 1.29 is 14.4 Å². The first-order valence-corrected chi connectivity index (χ1v) is 11.9. The van der Waals surface area contributed by atoms with Crippen LogP contribution in [0.15, 0.2) is 15.0 Å². The molecule has 0 heterocycles. The summed E-state index contributed by atoms with van der Waals surface area (Å²) in [6.45, 7) is 15.7. The molecule has 0 spiro atoms. The van der Waals surface area contributed by atoms with Crippen LogP contribution in [0.25, 0.3) is 0 Å². The topological polar surface area (TPSA) is 270 Å². The van der Waals surface area contributed by atoms with Gasteiger partial charge in [0.25, 0.3) is 0 Å². The molecule has 0 aromatic rings. The van der Waals surface area contributed by atoms with Gasteiger partial charge < -0.3 is 40.1 Å². The highest BCUT2D eigenvalue weighted by molar-refractivity contribution is 5.86. The summed E-state index contributed by atoms with van der Waals surface area (Å²) in [6.07, 6.45) is 0. The number of carbonyl (C=O) groups excluding carboxylic acids is 3. The molecular formula is C24H54N10O3. The molecule has 14 N–H and O–H groups in total. The Morgan fingerprint density at radius 3 is 0.973 bits per heavy atom. The fourth-order valence-corrected chi connectivity index (χ4v) is 2.52. The van der Waals surface area contributed by atoms with E-state index in [9.17, 15) is 14.4 Å². The summed E-state index contributed by atoms with van der Waals surface area (Å²) < 4.78 is 0. The van der Waals surface area contributed by atoms with Gasteiger partial charge >= 0.3 is 0 Å². The molecule has 0 saturated heterocycles. The molecule has 13 nitrogen and oxygen atoms in total. The van der Waals surface area contributed by atoms with Crippen LogP contribution in [0.1, 0.15) is 62.8 Å². The number of carbonyl (C=O) groups is 3. The van der Waals surface area contributed by atoms with Crippen molar-refractivity contribution >= 4 is 35.2 Å². The van der Waals surface area contributed by atoms with Crippen LogP contribution in [0.5, 0.6) is 0 Å². The molecule has 0 aliphatic rings. The fraction of sp³-hybridized carbons (Fsp3) is 0.750. The van der Waals surface area contributed by atoms with Gasteiger partial charge in [-0.3, -0.25) is 29.4 Å². The number of Topliss-reactive ketones (excluding diaryl/α,β-unsaturated/α-hetero) is 3. The minimum atomic E-state index is -0.591. The first-order valence-electron chi connectivity index (χ1n) is 11.9. The second-order valence-electron chi connectivity index (χ2n) is 9.38. The maximum absolute atomic E-state index is 11.3. The third-order valence-electron chi connectivity index (χ3n) is 4.61. The summed E-state index contributed by atoms with van der Waals surface area (Å²) in [7, 11) is 0. The van der Waals surface area contributed by atoms with Gasteiger partial charge in [-0.1, -0.05) is 62.8 Å². The Hall–Kier alpha value is -3.22. The van der Waals surface area contributed by atoms with E-state index < -0.39 is 6.04 Å². The SMILES string of the molecule is C.CC(C)C(=O)C(C)CN=C(N)N.CC(C)C(=O)[C@@H](N)CN=C(N)N.CC(C)C(=O)[C@H](C)CN=C(N)N. The van der Waals surface area contributed by atoms with Gasteiger partial charge in [0.15, 0.2) is 23.7 Å². The van der Waals surface area contributed by atoms with E-state index in [1.54, 1.807) is 13.8 Å². The minimum Gasteiger partial charge on any atom is -0.370 e. The zero-order valence-corrected chi connectivity index (χ0v) is 23.2. The van der Waals surface area contributed by atoms with Gasteiger partial charge in [-0.25, -0.2) is 0 Å². The monoisotopic (exact) mass is 530 g/mol. The molecule has 37 heavy (non-hydrogen) atoms. The van der Waals surface area contributed by atoms with Gasteiger partial charge in [-0.15, -0.1) is 0 Å². The van der Waals surface area contributed by atoms with Gasteiger partial charge in [0, 0.05) is 29.6 Å². The Labute approximate surface area is 223 Å². The largest absolute Gasteiger partial charge is 0.370 e. The molecule has 3 atom stereocenters. The van der Waals surface area contributed by atoms with Crippen molar-refractivity contribution in [3.8, 4) is 0 Å². The van der Waals surface area contributed by atoms with Crippen LogP contribution >= 0.6 is 0 Å². The molecule has 13 heteroatoms. The number of ketones is 3. The Morgan fingerprint density at radius 2 is 0.757 bits per heavy atom. The zero-order valence-electron chi connectivity index (χ0n) is 23.2. The van der Waals surface area contributed by atoms with E-state index in [2.05, 4.69) is 15.0 Å². The fourth-order valence-electron chi connectivity index (χ4n) is 2.52. The summed E-state index contributed by atoms with van der Waals surface area (Å²) in [5, 5.41) is 0. The lowest BCUT2D eigenvalue weighted by Gasteiger charge is -2.09. The lowest BCUT2D eigenvalue weighted by atomic mass is 9.97. The predicted octanol–water partition coefficient (Wildman–Crippen LogP) is -0.310. The molecule has 0 aliphatic carbocycles. The molecule has 1 unspecified atom stereocenters. The Kier molecular flexibility index (Phi) is 24.4. The summed E-state index contributed by atoms with van der Waals surface area (Å²) in [4.78, 5) is 45.0. The van der Waals surface area contributed by atoms with E-state index in [1.165, 1.54) is 0 Å². The van der Waals surface area contributed by atoms with Crippen molar-refractivity contribution in [2.24, 2.45) is 84.7 Å². The van der Waals surface area contributed by atoms with Crippen molar-refractivity contribution in [3.63, 3.8) is 0 Å². The highest BCUT2D eigenvalue weighted by Gasteiger charge is 2.17. The second kappa shape index (κ2) is 22.0. The molecule has 0 saturated carbocycles. The standard InChI is InChI=1S/2C8H17N3O.C7H16N4O.CH4/c2*1-5(2)7(12)6(3)4-11-8(9)10;1-4(2)6(12)5(8)3-11-7(9)10;/h2*5-6H,4H2,1-3H3,(H4,9,10,11);4-5H,3,8H2,1-2H3,(H4,9,10,11);1H4/t6-;;5-;/m1.0./s1. The lowest BCUT2D eigenvalue weighted by Crippen LogP contribution is -2.37. The number of hydrogen-bond acceptors (Lipinski definition) is 7. The summed E-state index contributed by atoms with van der Waals surface area (Å²) in [5.41, 5.74) is 36.2. The average Bonchev–Trinajstić information content (AvgIpc) is 2.78. The van der Waals surface area contributed by atoms with E-state index in [1.807, 2.05) is 41.5 Å². The molecule has 0 aliphatic heterocycles. The van der Waals surface area contributed by atoms with Crippen LogP contribution in [0, 0.1) is 29.6 Å². The smallest absolute Gasteiger partial charge is 0.185 e. The first-order chi connectivity index (χ1) is 16.3. The van der Waals surface area contributed by atoms with Crippen molar-refractivity contribution in [2.75, 3.05) is 19.6 Å². The number of nitrogens with two attached hydrogens (primary N) is 7. The zero-order chi connectivity index (χ0) is 29.2. The van der Waals surface area contributed by atoms with Gasteiger partial charge in [-0.05, 0) is 0 Å². The molecule has 0 aromatic heterocycles. The van der Waals surface area contributed by atoms with Gasteiger partial charge in [0.2, 0.25) is 0 Å². The van der Waals surface area contributed by atoms with Crippen molar-refractivity contribution in [1.82, 2.24) is 0 Å². The molecule has 218 valence electrons. The minimum absolute atomic E-state index is 0. The normalized spacial score (nSPS) is 12.3. The summed E-state index contributed by atoms with van der Waals surface area (Å²) >= 11 is 0. The third-order valence-corrected chi connectivity index (χ3v) is 4.61. The van der Waals surface area contributed by atoms with Crippen molar-refractivity contribution in [2.45, 2.75) is 68.9 Å². The number of nitrogens with zero attached hydrogens (tertiary/aromatic N) is 3. The van der Waals surface area contributed by atoms with Crippen LogP contribution in [0.4, 0.5) is 0 Å². The van der Waals surface area contributed by atoms with Crippen LogP contribution in [0.3, 0.4) is 0 Å². The maximum atomic E-state index is 11.3. The molecule has 0 bridgehead atoms. The number of guanidine groups is 3. The van der Waals surface area contributed by atoms with Crippen molar-refractivity contribution in [3.05, 3.63) is 0 Å². The molecule has 0 aromatic carbocycles. The van der Waals surface area contributed by atoms with Crippen LogP contribution < -0.4 is 40.1 Å². The highest BCUT2D eigenvalue weighted by Crippen LogP contribution is 2.07. The Bertz CT molecular complexity index is 650. The number of aliphatic imine (C=N–C) groups is 3. The number of rotatable bonds is 12. The summed E-state index contributed by atoms with van der Waals surface area (Å²) in [5.74, 6) is 0.246. The number of hydrogen-bond donors (Lipinski definition) is 7. The van der Waals surface area contributed by atoms with E-state index in [0.717, 1.165) is 0 Å². The predicted molar refractivity (Wildman–Crippen MR) is 155 cm³/mol. The van der Waals surface area contributed by atoms with E-state index >= 15 is 0 Å². The van der Waals surface area contributed by atoms with E-state index in [0.29, 0.717) is 13.1 Å². The lowest BCUT2D eigenvalue weighted by molar-refractivity contribution is -0.125. The molecule has 0 rings (SSSR count). The average molecular weight is 531 g/mol. The summed E-state index contributed by atoms with van der Waals surface area (Å²) in [6, 6.07) is -0.591. The Morgan fingerprint density at radius 1 is 0.514 bits per heavy atom. The van der Waals surface area contributed by atoms with E-state index in [4.69, 9.17) is 40.1 Å². The third kappa shape index (κ3) is 24.3. The highest BCUT2D eigenvalue weighted by atomic mass is 16.1. The molecule has 0 fully saturated rings. The van der Waals surface area contributed by atoms with Crippen molar-refractivity contribution in [1.29, 1.82) is 0 Å². The van der Waals surface area contributed by atoms with Crippen LogP contribution in [-0.4, -0.2) is 60.9 Å².